The number of carbonyl (C=O) groups excluding carboxylic acids is 1. The zero-order valence-electron chi connectivity index (χ0n) is 13.7. The molecule has 1 aromatic rings. The first-order valence-corrected chi connectivity index (χ1v) is 8.40. The molecule has 1 aromatic carbocycles. The van der Waals surface area contributed by atoms with Crippen molar-refractivity contribution >= 4 is 11.6 Å². The molecule has 22 heavy (non-hydrogen) atoms. The fourth-order valence-corrected chi connectivity index (χ4v) is 2.69. The number of rotatable bonds is 7. The molecule has 1 aliphatic rings. The van der Waals surface area contributed by atoms with E-state index in [2.05, 4.69) is 24.5 Å². The summed E-state index contributed by atoms with van der Waals surface area (Å²) in [6.45, 7) is 5.22. The summed E-state index contributed by atoms with van der Waals surface area (Å²) in [5, 5.41) is 6.31. The molecule has 0 aliphatic heterocycles. The highest BCUT2D eigenvalue weighted by atomic mass is 16.5. The van der Waals surface area contributed by atoms with Gasteiger partial charge < -0.3 is 15.4 Å². The van der Waals surface area contributed by atoms with Crippen LogP contribution in [-0.2, 0) is 4.79 Å². The Morgan fingerprint density at radius 3 is 2.68 bits per heavy atom. The molecule has 122 valence electrons. The lowest BCUT2D eigenvalue weighted by molar-refractivity contribution is -0.115. The van der Waals surface area contributed by atoms with Gasteiger partial charge in [0.1, 0.15) is 5.75 Å². The van der Waals surface area contributed by atoms with Gasteiger partial charge in [0, 0.05) is 6.04 Å². The van der Waals surface area contributed by atoms with Crippen LogP contribution in [0.3, 0.4) is 0 Å². The van der Waals surface area contributed by atoms with Gasteiger partial charge in [-0.3, -0.25) is 4.79 Å². The Labute approximate surface area is 133 Å². The molecule has 0 saturated heterocycles. The normalized spacial score (nSPS) is 15.8. The van der Waals surface area contributed by atoms with Gasteiger partial charge in [-0.15, -0.1) is 0 Å². The minimum atomic E-state index is -0.00818. The molecular weight excluding hydrogens is 276 g/mol. The van der Waals surface area contributed by atoms with E-state index >= 15 is 0 Å². The van der Waals surface area contributed by atoms with E-state index in [1.807, 2.05) is 24.3 Å². The molecule has 0 spiro atoms. The smallest absolute Gasteiger partial charge is 0.238 e. The summed E-state index contributed by atoms with van der Waals surface area (Å²) < 4.78 is 5.76. The molecule has 1 saturated carbocycles. The van der Waals surface area contributed by atoms with E-state index in [1.54, 1.807) is 0 Å². The first-order valence-electron chi connectivity index (χ1n) is 8.40. The summed E-state index contributed by atoms with van der Waals surface area (Å²) in [6.07, 6.45) is 6.23. The Hall–Kier alpha value is -1.55. The second-order valence-corrected chi connectivity index (χ2v) is 6.47. The van der Waals surface area contributed by atoms with Gasteiger partial charge in [0.15, 0.2) is 0 Å². The van der Waals surface area contributed by atoms with Gasteiger partial charge in [-0.2, -0.15) is 0 Å². The molecule has 0 bridgehead atoms. The average molecular weight is 304 g/mol. The van der Waals surface area contributed by atoms with Crippen molar-refractivity contribution in [2.45, 2.75) is 52.0 Å². The van der Waals surface area contributed by atoms with Crippen molar-refractivity contribution in [3.8, 4) is 5.75 Å². The molecule has 2 rings (SSSR count). The van der Waals surface area contributed by atoms with E-state index < -0.39 is 0 Å². The van der Waals surface area contributed by atoms with Crippen LogP contribution in [0, 0.1) is 5.92 Å². The fraction of sp³-hybridized carbons (Fsp3) is 0.611. The number of para-hydroxylation sites is 2. The van der Waals surface area contributed by atoms with Crippen molar-refractivity contribution < 1.29 is 9.53 Å². The molecule has 0 radical (unpaired) electrons. The van der Waals surface area contributed by atoms with Crippen molar-refractivity contribution in [3.63, 3.8) is 0 Å². The standard InChI is InChI=1S/C18H28N2O2/c1-14(2)13-22-17-11-7-6-10-16(17)20-18(21)12-19-15-8-4-3-5-9-15/h6-7,10-11,14-15,19H,3-5,8-9,12-13H2,1-2H3,(H,20,21). The third kappa shape index (κ3) is 5.68. The van der Waals surface area contributed by atoms with Crippen molar-refractivity contribution in [1.82, 2.24) is 5.32 Å². The zero-order valence-corrected chi connectivity index (χ0v) is 13.7. The van der Waals surface area contributed by atoms with Crippen LogP contribution in [0.5, 0.6) is 5.75 Å². The molecule has 0 aromatic heterocycles. The molecule has 4 heteroatoms. The van der Waals surface area contributed by atoms with Crippen molar-refractivity contribution in [2.75, 3.05) is 18.5 Å². The predicted molar refractivity (Wildman–Crippen MR) is 90.3 cm³/mol. The molecule has 4 nitrogen and oxygen atoms in total. The Morgan fingerprint density at radius 1 is 1.23 bits per heavy atom. The zero-order chi connectivity index (χ0) is 15.8. The van der Waals surface area contributed by atoms with Gasteiger partial charge in [-0.25, -0.2) is 0 Å². The van der Waals surface area contributed by atoms with Crippen LogP contribution in [0.1, 0.15) is 46.0 Å². The topological polar surface area (TPSA) is 50.4 Å². The molecule has 1 amide bonds. The van der Waals surface area contributed by atoms with Crippen molar-refractivity contribution in [1.29, 1.82) is 0 Å². The second kappa shape index (κ2) is 8.79. The van der Waals surface area contributed by atoms with Crippen molar-refractivity contribution in [3.05, 3.63) is 24.3 Å². The van der Waals surface area contributed by atoms with Crippen LogP contribution in [0.25, 0.3) is 0 Å². The minimum Gasteiger partial charge on any atom is -0.491 e. The Balaban J connectivity index is 1.82. The molecule has 1 aliphatic carbocycles. The number of hydrogen-bond donors (Lipinski definition) is 2. The number of hydrogen-bond acceptors (Lipinski definition) is 3. The van der Waals surface area contributed by atoms with Crippen LogP contribution < -0.4 is 15.4 Å². The van der Waals surface area contributed by atoms with Gasteiger partial charge in [0.2, 0.25) is 5.91 Å². The number of benzene rings is 1. The van der Waals surface area contributed by atoms with E-state index in [1.165, 1.54) is 32.1 Å². The van der Waals surface area contributed by atoms with E-state index in [0.29, 0.717) is 25.1 Å². The summed E-state index contributed by atoms with van der Waals surface area (Å²) in [6, 6.07) is 8.10. The quantitative estimate of drug-likeness (QED) is 0.809. The third-order valence-corrected chi connectivity index (χ3v) is 3.89. The maximum Gasteiger partial charge on any atom is 0.238 e. The van der Waals surface area contributed by atoms with E-state index in [-0.39, 0.29) is 5.91 Å². The monoisotopic (exact) mass is 304 g/mol. The van der Waals surface area contributed by atoms with E-state index in [4.69, 9.17) is 4.74 Å². The lowest BCUT2D eigenvalue weighted by Crippen LogP contribution is -2.37. The Kier molecular flexibility index (Phi) is 6.72. The van der Waals surface area contributed by atoms with E-state index in [9.17, 15) is 4.79 Å². The van der Waals surface area contributed by atoms with Gasteiger partial charge in [-0.05, 0) is 30.9 Å². The summed E-state index contributed by atoms with van der Waals surface area (Å²) in [7, 11) is 0. The molecule has 0 heterocycles. The van der Waals surface area contributed by atoms with Crippen molar-refractivity contribution in [2.24, 2.45) is 5.92 Å². The number of ether oxygens (including phenoxy) is 1. The molecule has 0 atom stereocenters. The van der Waals surface area contributed by atoms with Gasteiger partial charge in [-0.1, -0.05) is 45.2 Å². The Morgan fingerprint density at radius 2 is 1.95 bits per heavy atom. The predicted octanol–water partition coefficient (Wildman–Crippen LogP) is 3.58. The summed E-state index contributed by atoms with van der Waals surface area (Å²) in [5.74, 6) is 1.19. The summed E-state index contributed by atoms with van der Waals surface area (Å²) in [5.41, 5.74) is 0.749. The van der Waals surface area contributed by atoms with Gasteiger partial charge in [0.05, 0.1) is 18.8 Å². The first kappa shape index (κ1) is 16.8. The lowest BCUT2D eigenvalue weighted by Gasteiger charge is -2.22. The molecule has 0 unspecified atom stereocenters. The fourth-order valence-electron chi connectivity index (χ4n) is 2.69. The second-order valence-electron chi connectivity index (χ2n) is 6.47. The maximum absolute atomic E-state index is 12.1. The molecule has 1 fully saturated rings. The van der Waals surface area contributed by atoms with Crippen LogP contribution in [0.15, 0.2) is 24.3 Å². The highest BCUT2D eigenvalue weighted by Crippen LogP contribution is 2.24. The van der Waals surface area contributed by atoms with Crippen LogP contribution >= 0.6 is 0 Å². The molecular formula is C18H28N2O2. The number of nitrogens with one attached hydrogen (secondary N) is 2. The number of amides is 1. The summed E-state index contributed by atoms with van der Waals surface area (Å²) >= 11 is 0. The largest absolute Gasteiger partial charge is 0.491 e. The highest BCUT2D eigenvalue weighted by Gasteiger charge is 2.14. The molecule has 2 N–H and O–H groups in total. The average Bonchev–Trinajstić information content (AvgIpc) is 2.53. The third-order valence-electron chi connectivity index (χ3n) is 3.89. The SMILES string of the molecule is CC(C)COc1ccccc1NC(=O)CNC1CCCCC1. The number of anilines is 1. The Bertz CT molecular complexity index is 468. The maximum atomic E-state index is 12.1. The van der Waals surface area contributed by atoms with Crippen LogP contribution in [0.2, 0.25) is 0 Å². The lowest BCUT2D eigenvalue weighted by atomic mass is 9.95. The minimum absolute atomic E-state index is 0.00818. The van der Waals surface area contributed by atoms with Gasteiger partial charge >= 0.3 is 0 Å². The van der Waals surface area contributed by atoms with Crippen LogP contribution in [0.4, 0.5) is 5.69 Å². The van der Waals surface area contributed by atoms with E-state index in [0.717, 1.165) is 11.4 Å². The highest BCUT2D eigenvalue weighted by molar-refractivity contribution is 5.93. The van der Waals surface area contributed by atoms with Crippen LogP contribution in [-0.4, -0.2) is 25.1 Å². The summed E-state index contributed by atoms with van der Waals surface area (Å²) in [4.78, 5) is 12.1. The number of carbonyl (C=O) groups is 1. The van der Waals surface area contributed by atoms with Gasteiger partial charge in [0.25, 0.3) is 0 Å². The first-order chi connectivity index (χ1) is 10.6.